The maximum absolute atomic E-state index is 11.0. The first kappa shape index (κ1) is 12.2. The van der Waals surface area contributed by atoms with E-state index in [1.807, 2.05) is 6.07 Å². The molecule has 1 aliphatic heterocycles. The Balaban J connectivity index is 2.27. The number of rotatable bonds is 2. The van der Waals surface area contributed by atoms with E-state index >= 15 is 0 Å². The minimum absolute atomic E-state index is 0.261. The molecule has 0 aromatic heterocycles. The number of carboxylic acid groups (broad SMARTS) is 1. The third kappa shape index (κ3) is 3.13. The van der Waals surface area contributed by atoms with Gasteiger partial charge in [-0.15, -0.1) is 0 Å². The molecule has 1 aliphatic rings. The highest BCUT2D eigenvalue weighted by molar-refractivity contribution is 6.31. The number of halogens is 1. The molecule has 17 heavy (non-hydrogen) atoms. The number of nitrogens with zero attached hydrogens (tertiary/aromatic N) is 1. The van der Waals surface area contributed by atoms with E-state index in [9.17, 15) is 4.79 Å². The molecule has 1 saturated heterocycles. The SMILES string of the molecule is O=C(O)c1cc(Cl)cc(N2CCCCCC2)c1. The molecular formula is C13H16ClNO2. The summed E-state index contributed by atoms with van der Waals surface area (Å²) in [5.74, 6) is -0.927. The highest BCUT2D eigenvalue weighted by atomic mass is 35.5. The number of aromatic carboxylic acids is 1. The zero-order valence-corrected chi connectivity index (χ0v) is 10.4. The molecule has 0 radical (unpaired) electrons. The van der Waals surface area contributed by atoms with E-state index in [2.05, 4.69) is 4.90 Å². The van der Waals surface area contributed by atoms with Crippen molar-refractivity contribution in [3.05, 3.63) is 28.8 Å². The number of benzene rings is 1. The molecule has 4 heteroatoms. The second-order valence-corrected chi connectivity index (χ2v) is 4.84. The first-order chi connectivity index (χ1) is 8.16. The predicted octanol–water partition coefficient (Wildman–Crippen LogP) is 3.42. The summed E-state index contributed by atoms with van der Waals surface area (Å²) in [6.07, 6.45) is 4.83. The van der Waals surface area contributed by atoms with Crippen LogP contribution in [0, 0.1) is 0 Å². The second kappa shape index (κ2) is 5.41. The van der Waals surface area contributed by atoms with Gasteiger partial charge in [0, 0.05) is 23.8 Å². The van der Waals surface area contributed by atoms with Crippen LogP contribution in [0.25, 0.3) is 0 Å². The number of anilines is 1. The van der Waals surface area contributed by atoms with Crippen LogP contribution in [0.2, 0.25) is 5.02 Å². The molecule has 92 valence electrons. The summed E-state index contributed by atoms with van der Waals surface area (Å²) in [4.78, 5) is 13.2. The van der Waals surface area contributed by atoms with Gasteiger partial charge in [0.15, 0.2) is 0 Å². The lowest BCUT2D eigenvalue weighted by Crippen LogP contribution is -2.24. The van der Waals surface area contributed by atoms with E-state index in [-0.39, 0.29) is 5.56 Å². The van der Waals surface area contributed by atoms with Gasteiger partial charge in [-0.1, -0.05) is 24.4 Å². The van der Waals surface area contributed by atoms with Crippen LogP contribution in [0.4, 0.5) is 5.69 Å². The van der Waals surface area contributed by atoms with Gasteiger partial charge >= 0.3 is 5.97 Å². The maximum atomic E-state index is 11.0. The largest absolute Gasteiger partial charge is 0.478 e. The fourth-order valence-corrected chi connectivity index (χ4v) is 2.44. The molecule has 0 atom stereocenters. The van der Waals surface area contributed by atoms with Crippen LogP contribution in [-0.2, 0) is 0 Å². The van der Waals surface area contributed by atoms with Gasteiger partial charge in [0.2, 0.25) is 0 Å². The molecular weight excluding hydrogens is 238 g/mol. The van der Waals surface area contributed by atoms with Gasteiger partial charge in [-0.3, -0.25) is 0 Å². The molecule has 3 nitrogen and oxygen atoms in total. The summed E-state index contributed by atoms with van der Waals surface area (Å²) in [6.45, 7) is 1.97. The smallest absolute Gasteiger partial charge is 0.335 e. The summed E-state index contributed by atoms with van der Waals surface area (Å²) in [6, 6.07) is 5.05. The van der Waals surface area contributed by atoms with Gasteiger partial charge in [0.1, 0.15) is 0 Å². The van der Waals surface area contributed by atoms with Gasteiger partial charge in [-0.2, -0.15) is 0 Å². The van der Waals surface area contributed by atoms with Crippen molar-refractivity contribution >= 4 is 23.3 Å². The third-order valence-corrected chi connectivity index (χ3v) is 3.32. The summed E-state index contributed by atoms with van der Waals surface area (Å²) in [7, 11) is 0. The van der Waals surface area contributed by atoms with Crippen molar-refractivity contribution in [1.82, 2.24) is 0 Å². The first-order valence-corrected chi connectivity index (χ1v) is 6.33. The zero-order chi connectivity index (χ0) is 12.3. The minimum atomic E-state index is -0.927. The van der Waals surface area contributed by atoms with E-state index in [0.717, 1.165) is 31.6 Å². The topological polar surface area (TPSA) is 40.5 Å². The van der Waals surface area contributed by atoms with Crippen molar-refractivity contribution < 1.29 is 9.90 Å². The van der Waals surface area contributed by atoms with Crippen LogP contribution in [0.1, 0.15) is 36.0 Å². The van der Waals surface area contributed by atoms with Crippen LogP contribution >= 0.6 is 11.6 Å². The van der Waals surface area contributed by atoms with Crippen LogP contribution in [-0.4, -0.2) is 24.2 Å². The van der Waals surface area contributed by atoms with Gasteiger partial charge in [0.25, 0.3) is 0 Å². The number of hydrogen-bond donors (Lipinski definition) is 1. The Morgan fingerprint density at radius 1 is 1.12 bits per heavy atom. The summed E-state index contributed by atoms with van der Waals surface area (Å²) >= 11 is 5.96. The molecule has 0 saturated carbocycles. The predicted molar refractivity (Wildman–Crippen MR) is 69.1 cm³/mol. The maximum Gasteiger partial charge on any atom is 0.335 e. The van der Waals surface area contributed by atoms with E-state index in [1.54, 1.807) is 6.07 Å². The third-order valence-electron chi connectivity index (χ3n) is 3.10. The van der Waals surface area contributed by atoms with Crippen molar-refractivity contribution in [3.8, 4) is 0 Å². The van der Waals surface area contributed by atoms with E-state index in [1.165, 1.54) is 18.9 Å². The highest BCUT2D eigenvalue weighted by Crippen LogP contribution is 2.25. The zero-order valence-electron chi connectivity index (χ0n) is 9.66. The Kier molecular flexibility index (Phi) is 3.89. The summed E-state index contributed by atoms with van der Waals surface area (Å²) < 4.78 is 0. The van der Waals surface area contributed by atoms with E-state index in [4.69, 9.17) is 16.7 Å². The van der Waals surface area contributed by atoms with Crippen molar-refractivity contribution in [2.24, 2.45) is 0 Å². The Morgan fingerprint density at radius 3 is 2.35 bits per heavy atom. The van der Waals surface area contributed by atoms with Gasteiger partial charge in [-0.05, 0) is 31.0 Å². The van der Waals surface area contributed by atoms with Crippen molar-refractivity contribution in [2.45, 2.75) is 25.7 Å². The molecule has 1 aromatic rings. The summed E-state index contributed by atoms with van der Waals surface area (Å²) in [5, 5.41) is 9.50. The monoisotopic (exact) mass is 253 g/mol. The minimum Gasteiger partial charge on any atom is -0.478 e. The average Bonchev–Trinajstić information content (AvgIpc) is 2.56. The average molecular weight is 254 g/mol. The quantitative estimate of drug-likeness (QED) is 0.878. The highest BCUT2D eigenvalue weighted by Gasteiger charge is 2.13. The van der Waals surface area contributed by atoms with Gasteiger partial charge < -0.3 is 10.0 Å². The molecule has 1 aromatic carbocycles. The second-order valence-electron chi connectivity index (χ2n) is 4.40. The lowest BCUT2D eigenvalue weighted by Gasteiger charge is -2.23. The number of carbonyl (C=O) groups is 1. The lowest BCUT2D eigenvalue weighted by molar-refractivity contribution is 0.0697. The lowest BCUT2D eigenvalue weighted by atomic mass is 10.2. The molecule has 1 heterocycles. The fraction of sp³-hybridized carbons (Fsp3) is 0.462. The Morgan fingerprint density at radius 2 is 1.76 bits per heavy atom. The Labute approximate surface area is 106 Å². The molecule has 1 fully saturated rings. The van der Waals surface area contributed by atoms with Crippen LogP contribution in [0.15, 0.2) is 18.2 Å². The Bertz CT molecular complexity index is 412. The normalized spacial score (nSPS) is 16.6. The van der Waals surface area contributed by atoms with E-state index < -0.39 is 5.97 Å². The Hall–Kier alpha value is -1.22. The number of hydrogen-bond acceptors (Lipinski definition) is 2. The molecule has 0 amide bonds. The molecule has 1 N–H and O–H groups in total. The molecule has 0 spiro atoms. The number of carboxylic acids is 1. The van der Waals surface area contributed by atoms with Crippen molar-refractivity contribution in [3.63, 3.8) is 0 Å². The van der Waals surface area contributed by atoms with Gasteiger partial charge in [-0.25, -0.2) is 4.79 Å². The molecule has 0 unspecified atom stereocenters. The van der Waals surface area contributed by atoms with Crippen molar-refractivity contribution in [2.75, 3.05) is 18.0 Å². The standard InChI is InChI=1S/C13H16ClNO2/c14-11-7-10(13(16)17)8-12(9-11)15-5-3-1-2-4-6-15/h7-9H,1-6H2,(H,16,17). The molecule has 0 bridgehead atoms. The fourth-order valence-electron chi connectivity index (χ4n) is 2.21. The van der Waals surface area contributed by atoms with Crippen LogP contribution in [0.5, 0.6) is 0 Å². The van der Waals surface area contributed by atoms with Gasteiger partial charge in [0.05, 0.1) is 5.56 Å². The van der Waals surface area contributed by atoms with Crippen LogP contribution in [0.3, 0.4) is 0 Å². The molecule has 2 rings (SSSR count). The first-order valence-electron chi connectivity index (χ1n) is 5.95. The van der Waals surface area contributed by atoms with E-state index in [0.29, 0.717) is 5.02 Å². The summed E-state index contributed by atoms with van der Waals surface area (Å²) in [5.41, 5.74) is 1.19. The van der Waals surface area contributed by atoms with Crippen molar-refractivity contribution in [1.29, 1.82) is 0 Å². The molecule has 0 aliphatic carbocycles. The van der Waals surface area contributed by atoms with Crippen LogP contribution < -0.4 is 4.90 Å².